The summed E-state index contributed by atoms with van der Waals surface area (Å²) in [5.41, 5.74) is 3.19. The van der Waals surface area contributed by atoms with E-state index < -0.39 is 10.8 Å². The third kappa shape index (κ3) is 9.26. The van der Waals surface area contributed by atoms with E-state index in [2.05, 4.69) is 58.2 Å². The topological polar surface area (TPSA) is 50.1 Å². The van der Waals surface area contributed by atoms with Crippen LogP contribution in [-0.2, 0) is 15.5 Å². The van der Waals surface area contributed by atoms with Crippen LogP contribution in [0.3, 0.4) is 0 Å². The minimum Gasteiger partial charge on any atom is -0.388 e. The lowest BCUT2D eigenvalue weighted by atomic mass is 9.71. The molecule has 0 saturated carbocycles. The van der Waals surface area contributed by atoms with Crippen LogP contribution in [0.25, 0.3) is 0 Å². The first-order chi connectivity index (χ1) is 16.4. The van der Waals surface area contributed by atoms with Gasteiger partial charge in [0.1, 0.15) is 0 Å². The van der Waals surface area contributed by atoms with Gasteiger partial charge in [-0.25, -0.2) is 0 Å². The molecule has 0 aromatic heterocycles. The number of hydrogen-bond acceptors (Lipinski definition) is 3. The molecule has 0 fully saturated rings. The second-order valence-electron chi connectivity index (χ2n) is 8.14. The van der Waals surface area contributed by atoms with Crippen molar-refractivity contribution < 1.29 is 8.95 Å². The largest absolute Gasteiger partial charge is 0.388 e. The van der Waals surface area contributed by atoms with Crippen LogP contribution in [0.1, 0.15) is 96.3 Å². The molecule has 0 radical (unpaired) electrons. The summed E-state index contributed by atoms with van der Waals surface area (Å²) in [5, 5.41) is 10.3. The van der Waals surface area contributed by atoms with E-state index in [0.29, 0.717) is 5.56 Å². The summed E-state index contributed by atoms with van der Waals surface area (Å²) < 4.78 is 17.5. The van der Waals surface area contributed by atoms with E-state index in [1.807, 2.05) is 45.9 Å². The van der Waals surface area contributed by atoms with E-state index in [4.69, 9.17) is 5.26 Å². The minimum absolute atomic E-state index is 0.0967. The average Bonchev–Trinajstić information content (AvgIpc) is 3.00. The summed E-state index contributed by atoms with van der Waals surface area (Å²) >= 11 is 0. The molecular formula is C29H46NO2PS. The molecule has 3 unspecified atom stereocenters. The van der Waals surface area contributed by atoms with Crippen molar-refractivity contribution in [2.75, 3.05) is 20.0 Å². The molecule has 190 valence electrons. The average molecular weight is 504 g/mol. The first-order valence-electron chi connectivity index (χ1n) is 12.6. The van der Waals surface area contributed by atoms with E-state index in [-0.39, 0.29) is 11.3 Å². The highest BCUT2D eigenvalue weighted by atomic mass is 32.2. The van der Waals surface area contributed by atoms with Crippen LogP contribution in [0.2, 0.25) is 0 Å². The Kier molecular flexibility index (Phi) is 17.0. The normalized spacial score (nSPS) is 20.5. The summed E-state index contributed by atoms with van der Waals surface area (Å²) in [4.78, 5) is 0.988. The predicted octanol–water partition coefficient (Wildman–Crippen LogP) is 7.60. The SMILES string of the molecule is CC.CC.CCCCC1(CC)C[C@H](c2ccc(C#N)cc2)c2cc(P)ccc2S(=O)C1.COC. The quantitative estimate of drug-likeness (QED) is 0.395. The number of methoxy groups -OCH3 is 1. The Balaban J connectivity index is 0.00000141. The Bertz CT molecular complexity index is 892. The van der Waals surface area contributed by atoms with Gasteiger partial charge >= 0.3 is 0 Å². The molecule has 0 N–H and O–H groups in total. The zero-order valence-corrected chi connectivity index (χ0v) is 24.6. The van der Waals surface area contributed by atoms with Gasteiger partial charge in [0.25, 0.3) is 0 Å². The Morgan fingerprint density at radius 2 is 1.68 bits per heavy atom. The van der Waals surface area contributed by atoms with E-state index >= 15 is 0 Å². The second-order valence-corrected chi connectivity index (χ2v) is 10.2. The lowest BCUT2D eigenvalue weighted by molar-refractivity contribution is 0.249. The van der Waals surface area contributed by atoms with Crippen molar-refractivity contribution in [3.63, 3.8) is 0 Å². The zero-order chi connectivity index (χ0) is 26.1. The number of ether oxygens (including phenoxy) is 1. The van der Waals surface area contributed by atoms with Gasteiger partial charge in [0.05, 0.1) is 22.4 Å². The molecule has 0 saturated heterocycles. The number of nitriles is 1. The van der Waals surface area contributed by atoms with Crippen molar-refractivity contribution in [2.45, 2.75) is 84.5 Å². The maximum atomic E-state index is 13.3. The Labute approximate surface area is 214 Å². The van der Waals surface area contributed by atoms with E-state index in [1.54, 1.807) is 14.2 Å². The van der Waals surface area contributed by atoms with Crippen LogP contribution in [0, 0.1) is 16.7 Å². The fraction of sp³-hybridized carbons (Fsp3) is 0.552. The van der Waals surface area contributed by atoms with Crippen molar-refractivity contribution in [3.8, 4) is 6.07 Å². The van der Waals surface area contributed by atoms with Gasteiger partial charge < -0.3 is 4.74 Å². The molecular weight excluding hydrogens is 457 g/mol. The standard InChI is InChI=1S/C23H28NOPS.C2H6O.2C2H6/c1-3-5-12-23(4-2)14-21(18-8-6-17(15-24)7-9-18)20-13-19(26)10-11-22(20)27(25)16-23;1-3-2;2*1-2/h6-11,13,21H,3-5,12,14,16,26H2,1-2H3;1-2H3;2*1-2H3/t21-,23?,27?;;;/m1.../s1. The molecule has 1 aliphatic rings. The third-order valence-corrected chi connectivity index (χ3v) is 8.08. The number of benzene rings is 2. The van der Waals surface area contributed by atoms with Crippen molar-refractivity contribution in [3.05, 3.63) is 59.2 Å². The van der Waals surface area contributed by atoms with Crippen LogP contribution in [0.4, 0.5) is 0 Å². The smallest absolute Gasteiger partial charge is 0.0991 e. The molecule has 1 heterocycles. The molecule has 34 heavy (non-hydrogen) atoms. The van der Waals surface area contributed by atoms with E-state index in [1.165, 1.54) is 24.0 Å². The summed E-state index contributed by atoms with van der Waals surface area (Å²) in [6.45, 7) is 12.5. The number of unbranched alkanes of at least 4 members (excludes halogenated alkanes) is 1. The molecule has 2 aromatic rings. The lowest BCUT2D eigenvalue weighted by Crippen LogP contribution is -2.27. The summed E-state index contributed by atoms with van der Waals surface area (Å²) in [6, 6.07) is 16.5. The van der Waals surface area contributed by atoms with E-state index in [9.17, 15) is 4.21 Å². The predicted molar refractivity (Wildman–Crippen MR) is 153 cm³/mol. The van der Waals surface area contributed by atoms with Crippen molar-refractivity contribution in [2.24, 2.45) is 5.41 Å². The lowest BCUT2D eigenvalue weighted by Gasteiger charge is -2.34. The van der Waals surface area contributed by atoms with Crippen molar-refractivity contribution in [1.82, 2.24) is 0 Å². The van der Waals surface area contributed by atoms with E-state index in [0.717, 1.165) is 35.2 Å². The van der Waals surface area contributed by atoms with Crippen LogP contribution in [-0.4, -0.2) is 24.2 Å². The van der Waals surface area contributed by atoms with Gasteiger partial charge in [0.2, 0.25) is 0 Å². The molecule has 0 aliphatic carbocycles. The first kappa shape index (κ1) is 32.5. The van der Waals surface area contributed by atoms with Gasteiger partial charge in [-0.2, -0.15) is 5.26 Å². The highest BCUT2D eigenvalue weighted by Gasteiger charge is 2.38. The molecule has 0 bridgehead atoms. The minimum atomic E-state index is -0.976. The number of rotatable bonds is 5. The van der Waals surface area contributed by atoms with Gasteiger partial charge in [-0.05, 0) is 59.3 Å². The second kappa shape index (κ2) is 17.8. The van der Waals surface area contributed by atoms with Gasteiger partial charge in [0.15, 0.2) is 0 Å². The molecule has 4 atom stereocenters. The Hall–Kier alpha value is -1.53. The fourth-order valence-electron chi connectivity index (χ4n) is 4.24. The van der Waals surface area contributed by atoms with Gasteiger partial charge in [-0.3, -0.25) is 4.21 Å². The fourth-order valence-corrected chi connectivity index (χ4v) is 6.38. The first-order valence-corrected chi connectivity index (χ1v) is 14.5. The molecule has 3 nitrogen and oxygen atoms in total. The summed E-state index contributed by atoms with van der Waals surface area (Å²) in [5.74, 6) is 0.968. The Morgan fingerprint density at radius 3 is 2.18 bits per heavy atom. The van der Waals surface area contributed by atoms with Gasteiger partial charge in [-0.1, -0.05) is 78.6 Å². The molecule has 3 rings (SSSR count). The molecule has 5 heteroatoms. The third-order valence-electron chi connectivity index (χ3n) is 5.98. The highest BCUT2D eigenvalue weighted by molar-refractivity contribution is 7.85. The van der Waals surface area contributed by atoms with Crippen LogP contribution in [0.15, 0.2) is 47.4 Å². The number of nitrogens with zero attached hydrogens (tertiary/aromatic N) is 1. The molecule has 0 spiro atoms. The van der Waals surface area contributed by atoms with Crippen molar-refractivity contribution in [1.29, 1.82) is 5.26 Å². The maximum absolute atomic E-state index is 13.3. The van der Waals surface area contributed by atoms with Crippen LogP contribution in [0.5, 0.6) is 0 Å². The highest BCUT2D eigenvalue weighted by Crippen LogP contribution is 2.47. The van der Waals surface area contributed by atoms with Crippen LogP contribution >= 0.6 is 9.24 Å². The van der Waals surface area contributed by atoms with Gasteiger partial charge in [-0.15, -0.1) is 9.24 Å². The maximum Gasteiger partial charge on any atom is 0.0991 e. The zero-order valence-electron chi connectivity index (χ0n) is 22.6. The number of hydrogen-bond donors (Lipinski definition) is 0. The van der Waals surface area contributed by atoms with Crippen molar-refractivity contribution >= 4 is 25.3 Å². The number of fused-ring (bicyclic) bond motifs is 1. The molecule has 2 aromatic carbocycles. The van der Waals surface area contributed by atoms with Gasteiger partial charge in [0, 0.05) is 30.8 Å². The van der Waals surface area contributed by atoms with Crippen LogP contribution < -0.4 is 5.30 Å². The molecule has 1 aliphatic heterocycles. The molecule has 0 amide bonds. The Morgan fingerprint density at radius 1 is 1.09 bits per heavy atom. The summed E-state index contributed by atoms with van der Waals surface area (Å²) in [7, 11) is 5.05. The summed E-state index contributed by atoms with van der Waals surface area (Å²) in [6.07, 6.45) is 5.53. The monoisotopic (exact) mass is 503 g/mol.